The Morgan fingerprint density at radius 1 is 1.00 bits per heavy atom. The topological polar surface area (TPSA) is 59.8 Å². The number of nitrogens with zero attached hydrogens (tertiary/aromatic N) is 3. The van der Waals surface area contributed by atoms with E-state index in [2.05, 4.69) is 30.9 Å². The highest BCUT2D eigenvalue weighted by Gasteiger charge is 2.23. The van der Waals surface area contributed by atoms with E-state index in [1.54, 1.807) is 11.8 Å². The molecule has 178 valence electrons. The number of methoxy groups -OCH3 is 1. The average Bonchev–Trinajstić information content (AvgIpc) is 3.13. The molecule has 0 fully saturated rings. The molecule has 0 saturated heterocycles. The molecule has 0 amide bonds. The number of aromatic nitrogens is 2. The van der Waals surface area contributed by atoms with E-state index in [9.17, 15) is 5.11 Å². The van der Waals surface area contributed by atoms with Gasteiger partial charge in [-0.15, -0.1) is 0 Å². The highest BCUT2D eigenvalue weighted by atomic mass is 16.5. The summed E-state index contributed by atoms with van der Waals surface area (Å²) in [5.74, 6) is 2.22. The number of benzene rings is 2. The van der Waals surface area contributed by atoms with Crippen LogP contribution in [0.15, 0.2) is 54.6 Å². The lowest BCUT2D eigenvalue weighted by molar-refractivity contribution is 0.0992. The van der Waals surface area contributed by atoms with Crippen LogP contribution in [0.4, 0.5) is 0 Å². The van der Waals surface area contributed by atoms with Gasteiger partial charge >= 0.3 is 0 Å². The summed E-state index contributed by atoms with van der Waals surface area (Å²) in [6.45, 7) is 6.51. The first-order valence-corrected chi connectivity index (χ1v) is 11.9. The fourth-order valence-electron chi connectivity index (χ4n) is 4.01. The van der Waals surface area contributed by atoms with Crippen LogP contribution in [0.3, 0.4) is 0 Å². The van der Waals surface area contributed by atoms with Crippen LogP contribution in [0, 0.1) is 0 Å². The van der Waals surface area contributed by atoms with Crippen LogP contribution < -0.4 is 9.47 Å². The fraction of sp³-hybridized carbons (Fsp3) is 0.444. The molecular formula is C27H37N3O3. The first kappa shape index (κ1) is 24.8. The van der Waals surface area contributed by atoms with Gasteiger partial charge in [-0.05, 0) is 43.7 Å². The Morgan fingerprint density at radius 3 is 2.33 bits per heavy atom. The highest BCUT2D eigenvalue weighted by molar-refractivity contribution is 5.65. The van der Waals surface area contributed by atoms with Gasteiger partial charge in [0.25, 0.3) is 0 Å². The Bertz CT molecular complexity index is 970. The van der Waals surface area contributed by atoms with Crippen molar-refractivity contribution < 1.29 is 14.6 Å². The second kappa shape index (κ2) is 12.4. The van der Waals surface area contributed by atoms with Crippen LogP contribution in [-0.2, 0) is 13.6 Å². The van der Waals surface area contributed by atoms with Crippen molar-refractivity contribution in [3.8, 4) is 28.6 Å². The zero-order valence-electron chi connectivity index (χ0n) is 20.3. The predicted molar refractivity (Wildman–Crippen MR) is 133 cm³/mol. The molecule has 1 aromatic heterocycles. The van der Waals surface area contributed by atoms with Gasteiger partial charge in [-0.25, -0.2) is 4.68 Å². The molecule has 3 rings (SSSR count). The van der Waals surface area contributed by atoms with Crippen molar-refractivity contribution in [1.82, 2.24) is 14.7 Å². The molecule has 6 heteroatoms. The third kappa shape index (κ3) is 6.83. The van der Waals surface area contributed by atoms with Crippen LogP contribution in [0.5, 0.6) is 17.4 Å². The molecule has 0 saturated carbocycles. The normalized spacial score (nSPS) is 12.2. The maximum Gasteiger partial charge on any atom is 0.222 e. The number of hydrogen-bond acceptors (Lipinski definition) is 5. The van der Waals surface area contributed by atoms with Crippen molar-refractivity contribution in [3.63, 3.8) is 0 Å². The molecule has 0 aliphatic rings. The summed E-state index contributed by atoms with van der Waals surface area (Å²) < 4.78 is 13.4. The van der Waals surface area contributed by atoms with E-state index in [4.69, 9.17) is 14.6 Å². The Labute approximate surface area is 197 Å². The first-order chi connectivity index (χ1) is 16.0. The van der Waals surface area contributed by atoms with Crippen molar-refractivity contribution in [2.75, 3.05) is 20.2 Å². The van der Waals surface area contributed by atoms with Gasteiger partial charge in [0.1, 0.15) is 17.2 Å². The van der Waals surface area contributed by atoms with Crippen LogP contribution in [-0.4, -0.2) is 46.1 Å². The monoisotopic (exact) mass is 451 g/mol. The molecule has 2 aromatic carbocycles. The third-order valence-electron chi connectivity index (χ3n) is 5.69. The van der Waals surface area contributed by atoms with Gasteiger partial charge in [0.05, 0.1) is 18.8 Å². The minimum absolute atomic E-state index is 0.334. The van der Waals surface area contributed by atoms with Gasteiger partial charge in [0.15, 0.2) is 0 Å². The molecule has 1 N–H and O–H groups in total. The minimum atomic E-state index is -0.334. The number of rotatable bonds is 13. The summed E-state index contributed by atoms with van der Waals surface area (Å²) in [6, 6.07) is 17.8. The van der Waals surface area contributed by atoms with Crippen LogP contribution in [0.1, 0.15) is 45.1 Å². The first-order valence-electron chi connectivity index (χ1n) is 11.9. The van der Waals surface area contributed by atoms with Crippen molar-refractivity contribution in [2.24, 2.45) is 7.05 Å². The van der Waals surface area contributed by atoms with E-state index in [1.807, 2.05) is 49.5 Å². The number of aryl methyl sites for hydroxylation is 1. The number of hydrogen-bond donors (Lipinski definition) is 1. The lowest BCUT2D eigenvalue weighted by Gasteiger charge is -2.25. The molecular weight excluding hydrogens is 414 g/mol. The van der Waals surface area contributed by atoms with Crippen molar-refractivity contribution >= 4 is 0 Å². The van der Waals surface area contributed by atoms with E-state index < -0.39 is 0 Å². The van der Waals surface area contributed by atoms with Gasteiger partial charge < -0.3 is 14.6 Å². The fourth-order valence-corrected chi connectivity index (χ4v) is 4.01. The lowest BCUT2D eigenvalue weighted by Crippen LogP contribution is -2.33. The zero-order chi connectivity index (χ0) is 23.6. The number of aliphatic hydroxyl groups excluding tert-OH is 1. The molecule has 3 aromatic rings. The Morgan fingerprint density at radius 2 is 1.70 bits per heavy atom. The summed E-state index contributed by atoms with van der Waals surface area (Å²) in [6.07, 6.45) is 3.63. The van der Waals surface area contributed by atoms with E-state index in [0.717, 1.165) is 60.5 Å². The van der Waals surface area contributed by atoms with Gasteiger partial charge in [0.2, 0.25) is 5.88 Å². The highest BCUT2D eigenvalue weighted by Crippen LogP contribution is 2.34. The van der Waals surface area contributed by atoms with Crippen molar-refractivity contribution in [2.45, 2.75) is 52.2 Å². The summed E-state index contributed by atoms with van der Waals surface area (Å²) in [5, 5.41) is 15.4. The number of ether oxygens (including phenoxy) is 2. The molecule has 1 atom stereocenters. The lowest BCUT2D eigenvalue weighted by atomic mass is 10.1. The zero-order valence-corrected chi connectivity index (χ0v) is 20.3. The number of aliphatic hydroxyl groups is 1. The van der Waals surface area contributed by atoms with Crippen LogP contribution >= 0.6 is 0 Å². The Balaban J connectivity index is 1.94. The molecule has 0 spiro atoms. The SMILES string of the molecule is CCCC[C@H](O)CN(CCC)Cc1c(-c2ccccc2)nn(C)c1Oc1ccc(OC)cc1. The molecule has 0 aliphatic heterocycles. The smallest absolute Gasteiger partial charge is 0.222 e. The standard InChI is InChI=1S/C27H37N3O3/c1-5-7-13-22(31)19-30(18-6-2)20-25-26(21-11-9-8-10-12-21)28-29(3)27(25)33-24-16-14-23(32-4)15-17-24/h8-12,14-17,22,31H,5-7,13,18-20H2,1-4H3/t22-/m0/s1. The molecule has 0 unspecified atom stereocenters. The second-order valence-corrected chi connectivity index (χ2v) is 8.43. The van der Waals surface area contributed by atoms with Crippen molar-refractivity contribution in [1.29, 1.82) is 0 Å². The average molecular weight is 452 g/mol. The molecule has 33 heavy (non-hydrogen) atoms. The summed E-state index contributed by atoms with van der Waals surface area (Å²) in [5.41, 5.74) is 2.98. The Hall–Kier alpha value is -2.83. The van der Waals surface area contributed by atoms with Gasteiger partial charge in [-0.1, -0.05) is 57.0 Å². The molecule has 0 aliphatic carbocycles. The predicted octanol–water partition coefficient (Wildman–Crippen LogP) is 5.65. The van der Waals surface area contributed by atoms with Gasteiger partial charge in [-0.2, -0.15) is 5.10 Å². The van der Waals surface area contributed by atoms with Gasteiger partial charge in [0, 0.05) is 25.7 Å². The maximum atomic E-state index is 10.6. The summed E-state index contributed by atoms with van der Waals surface area (Å²) in [7, 11) is 3.56. The molecule has 6 nitrogen and oxygen atoms in total. The largest absolute Gasteiger partial charge is 0.497 e. The number of unbranched alkanes of at least 4 members (excludes halogenated alkanes) is 1. The second-order valence-electron chi connectivity index (χ2n) is 8.43. The van der Waals surface area contributed by atoms with E-state index in [0.29, 0.717) is 19.0 Å². The van der Waals surface area contributed by atoms with Crippen LogP contribution in [0.25, 0.3) is 11.3 Å². The van der Waals surface area contributed by atoms with E-state index >= 15 is 0 Å². The maximum absolute atomic E-state index is 10.6. The Kier molecular flexibility index (Phi) is 9.34. The quantitative estimate of drug-likeness (QED) is 0.364. The van der Waals surface area contributed by atoms with E-state index in [-0.39, 0.29) is 6.10 Å². The molecule has 0 bridgehead atoms. The van der Waals surface area contributed by atoms with Crippen molar-refractivity contribution in [3.05, 3.63) is 60.2 Å². The minimum Gasteiger partial charge on any atom is -0.497 e. The molecule has 1 heterocycles. The van der Waals surface area contributed by atoms with Gasteiger partial charge in [-0.3, -0.25) is 4.90 Å². The summed E-state index contributed by atoms with van der Waals surface area (Å²) in [4.78, 5) is 2.31. The van der Waals surface area contributed by atoms with Crippen LogP contribution in [0.2, 0.25) is 0 Å². The third-order valence-corrected chi connectivity index (χ3v) is 5.69. The van der Waals surface area contributed by atoms with E-state index in [1.165, 1.54) is 0 Å². The summed E-state index contributed by atoms with van der Waals surface area (Å²) >= 11 is 0. The molecule has 0 radical (unpaired) electrons.